The van der Waals surface area contributed by atoms with E-state index in [1.54, 1.807) is 7.05 Å². The number of hydrogen-bond donors (Lipinski definition) is 1. The first-order chi connectivity index (χ1) is 9.16. The highest BCUT2D eigenvalue weighted by Crippen LogP contribution is 2.21. The van der Waals surface area contributed by atoms with Gasteiger partial charge in [-0.2, -0.15) is 0 Å². The molecule has 0 aliphatic heterocycles. The van der Waals surface area contributed by atoms with Crippen LogP contribution in [0.2, 0.25) is 0 Å². The molecule has 19 heavy (non-hydrogen) atoms. The van der Waals surface area contributed by atoms with Crippen LogP contribution < -0.4 is 0 Å². The van der Waals surface area contributed by atoms with E-state index in [1.807, 2.05) is 30.3 Å². The lowest BCUT2D eigenvalue weighted by atomic mass is 9.94. The fraction of sp³-hybridized carbons (Fsp3) is 0.312. The van der Waals surface area contributed by atoms with Gasteiger partial charge in [-0.05, 0) is 25.0 Å². The van der Waals surface area contributed by atoms with Crippen molar-refractivity contribution >= 4 is 6.09 Å². The number of rotatable bonds is 1. The number of allylic oxidation sites excluding steroid dienone is 1. The first kappa shape index (κ1) is 13.2. The highest BCUT2D eigenvalue weighted by Gasteiger charge is 2.22. The van der Waals surface area contributed by atoms with E-state index in [4.69, 9.17) is 5.11 Å². The largest absolute Gasteiger partial charge is 0.465 e. The number of nitrogens with zero attached hydrogens (tertiary/aromatic N) is 1. The molecule has 1 aromatic carbocycles. The van der Waals surface area contributed by atoms with Gasteiger partial charge in [-0.1, -0.05) is 36.1 Å². The number of benzene rings is 1. The number of carboxylic acid groups (broad SMARTS) is 1. The van der Waals surface area contributed by atoms with Gasteiger partial charge in [0.05, 0.1) is 0 Å². The Morgan fingerprint density at radius 3 is 2.74 bits per heavy atom. The number of carbonyl (C=O) groups is 1. The van der Waals surface area contributed by atoms with Crippen LogP contribution in [0.3, 0.4) is 0 Å². The molecule has 0 radical (unpaired) electrons. The van der Waals surface area contributed by atoms with Crippen LogP contribution in [0.1, 0.15) is 24.8 Å². The molecule has 0 saturated carbocycles. The maximum absolute atomic E-state index is 11.0. The Labute approximate surface area is 113 Å². The van der Waals surface area contributed by atoms with Crippen LogP contribution >= 0.6 is 0 Å². The first-order valence-electron chi connectivity index (χ1n) is 6.38. The summed E-state index contributed by atoms with van der Waals surface area (Å²) in [7, 11) is 1.63. The molecule has 0 fully saturated rings. The smallest absolute Gasteiger partial charge is 0.407 e. The van der Waals surface area contributed by atoms with Crippen molar-refractivity contribution in [3.8, 4) is 11.8 Å². The van der Waals surface area contributed by atoms with Crippen molar-refractivity contribution in [3.05, 3.63) is 47.5 Å². The van der Waals surface area contributed by atoms with E-state index >= 15 is 0 Å². The Morgan fingerprint density at radius 1 is 1.32 bits per heavy atom. The SMILES string of the molecule is CN(C(=O)O)C1CCC=C(C#Cc2ccccc2)C1. The Balaban J connectivity index is 2.05. The van der Waals surface area contributed by atoms with E-state index < -0.39 is 6.09 Å². The molecule has 1 N–H and O–H groups in total. The molecule has 1 aliphatic rings. The Morgan fingerprint density at radius 2 is 2.05 bits per heavy atom. The van der Waals surface area contributed by atoms with E-state index in [-0.39, 0.29) is 6.04 Å². The van der Waals surface area contributed by atoms with Crippen molar-refractivity contribution < 1.29 is 9.90 Å². The van der Waals surface area contributed by atoms with Crippen LogP contribution in [0.25, 0.3) is 0 Å². The predicted molar refractivity (Wildman–Crippen MR) is 74.8 cm³/mol. The lowest BCUT2D eigenvalue weighted by Crippen LogP contribution is -2.37. The van der Waals surface area contributed by atoms with Crippen LogP contribution in [0.4, 0.5) is 4.79 Å². The molecule has 1 amide bonds. The molecule has 0 aromatic heterocycles. The highest BCUT2D eigenvalue weighted by molar-refractivity contribution is 5.65. The van der Waals surface area contributed by atoms with Crippen LogP contribution in [-0.4, -0.2) is 29.2 Å². The van der Waals surface area contributed by atoms with Gasteiger partial charge in [0.1, 0.15) is 0 Å². The van der Waals surface area contributed by atoms with Gasteiger partial charge in [-0.15, -0.1) is 0 Å². The standard InChI is InChI=1S/C16H17NO2/c1-17(16(18)19)15-9-5-8-14(12-15)11-10-13-6-3-2-4-7-13/h2-4,6-8,15H,5,9,12H2,1H3,(H,18,19). The molecule has 0 bridgehead atoms. The van der Waals surface area contributed by atoms with Crippen molar-refractivity contribution in [3.63, 3.8) is 0 Å². The summed E-state index contributed by atoms with van der Waals surface area (Å²) in [6.45, 7) is 0. The Kier molecular flexibility index (Phi) is 4.25. The van der Waals surface area contributed by atoms with Gasteiger partial charge < -0.3 is 10.0 Å². The third-order valence-electron chi connectivity index (χ3n) is 3.34. The Bertz CT molecular complexity index is 537. The molecule has 1 aliphatic carbocycles. The van der Waals surface area contributed by atoms with Gasteiger partial charge in [0.15, 0.2) is 0 Å². The minimum Gasteiger partial charge on any atom is -0.465 e. The van der Waals surface area contributed by atoms with Crippen LogP contribution in [0, 0.1) is 11.8 Å². The van der Waals surface area contributed by atoms with Crippen LogP contribution in [-0.2, 0) is 0 Å². The molecule has 0 spiro atoms. The van der Waals surface area contributed by atoms with E-state index in [2.05, 4.69) is 17.9 Å². The molecule has 1 aromatic rings. The minimum atomic E-state index is -0.873. The number of hydrogen-bond acceptors (Lipinski definition) is 1. The van der Waals surface area contributed by atoms with Gasteiger partial charge in [0.25, 0.3) is 0 Å². The van der Waals surface area contributed by atoms with Crippen molar-refractivity contribution in [2.24, 2.45) is 0 Å². The van der Waals surface area contributed by atoms with Crippen LogP contribution in [0.15, 0.2) is 42.0 Å². The summed E-state index contributed by atoms with van der Waals surface area (Å²) in [6.07, 6.45) is 3.72. The summed E-state index contributed by atoms with van der Waals surface area (Å²) < 4.78 is 0. The van der Waals surface area contributed by atoms with E-state index in [0.29, 0.717) is 6.42 Å². The normalized spacial score (nSPS) is 17.9. The molecule has 2 rings (SSSR count). The average molecular weight is 255 g/mol. The molecular formula is C16H17NO2. The Hall–Kier alpha value is -2.21. The molecule has 3 heteroatoms. The molecule has 1 atom stereocenters. The van der Waals surface area contributed by atoms with Gasteiger partial charge in [-0.3, -0.25) is 0 Å². The molecule has 3 nitrogen and oxygen atoms in total. The zero-order valence-corrected chi connectivity index (χ0v) is 11.0. The predicted octanol–water partition coefficient (Wildman–Crippen LogP) is 3.13. The van der Waals surface area contributed by atoms with E-state index in [9.17, 15) is 4.79 Å². The highest BCUT2D eigenvalue weighted by atomic mass is 16.4. The number of amides is 1. The van der Waals surface area contributed by atoms with Crippen molar-refractivity contribution in [1.29, 1.82) is 0 Å². The summed E-state index contributed by atoms with van der Waals surface area (Å²) >= 11 is 0. The van der Waals surface area contributed by atoms with Crippen molar-refractivity contribution in [1.82, 2.24) is 4.90 Å². The topological polar surface area (TPSA) is 40.5 Å². The fourth-order valence-corrected chi connectivity index (χ4v) is 2.15. The second-order valence-corrected chi connectivity index (χ2v) is 4.67. The monoisotopic (exact) mass is 255 g/mol. The molecule has 0 saturated heterocycles. The second kappa shape index (κ2) is 6.10. The molecule has 1 unspecified atom stereocenters. The second-order valence-electron chi connectivity index (χ2n) is 4.67. The maximum Gasteiger partial charge on any atom is 0.407 e. The van der Waals surface area contributed by atoms with Gasteiger partial charge in [0.2, 0.25) is 0 Å². The molecule has 0 heterocycles. The molecular weight excluding hydrogens is 238 g/mol. The maximum atomic E-state index is 11.0. The lowest BCUT2D eigenvalue weighted by Gasteiger charge is -2.28. The fourth-order valence-electron chi connectivity index (χ4n) is 2.15. The summed E-state index contributed by atoms with van der Waals surface area (Å²) in [5.41, 5.74) is 2.02. The first-order valence-corrected chi connectivity index (χ1v) is 6.38. The quantitative estimate of drug-likeness (QED) is 0.783. The average Bonchev–Trinajstić information content (AvgIpc) is 2.45. The summed E-state index contributed by atoms with van der Waals surface area (Å²) in [4.78, 5) is 12.3. The molecule has 98 valence electrons. The summed E-state index contributed by atoms with van der Waals surface area (Å²) in [5, 5.41) is 9.00. The van der Waals surface area contributed by atoms with E-state index in [1.165, 1.54) is 4.90 Å². The van der Waals surface area contributed by atoms with Gasteiger partial charge in [0, 0.05) is 30.6 Å². The van der Waals surface area contributed by atoms with E-state index in [0.717, 1.165) is 24.0 Å². The third-order valence-corrected chi connectivity index (χ3v) is 3.34. The minimum absolute atomic E-state index is 0.0440. The zero-order valence-electron chi connectivity index (χ0n) is 11.0. The lowest BCUT2D eigenvalue weighted by molar-refractivity contribution is 0.135. The van der Waals surface area contributed by atoms with Crippen LogP contribution in [0.5, 0.6) is 0 Å². The third kappa shape index (κ3) is 3.62. The van der Waals surface area contributed by atoms with Gasteiger partial charge in [-0.25, -0.2) is 4.79 Å². The van der Waals surface area contributed by atoms with Crippen molar-refractivity contribution in [2.75, 3.05) is 7.05 Å². The zero-order chi connectivity index (χ0) is 13.7. The summed E-state index contributed by atoms with van der Waals surface area (Å²) in [6, 6.07) is 9.86. The van der Waals surface area contributed by atoms with Gasteiger partial charge >= 0.3 is 6.09 Å². The summed E-state index contributed by atoms with van der Waals surface area (Å²) in [5.74, 6) is 6.27. The van der Waals surface area contributed by atoms with Crippen molar-refractivity contribution in [2.45, 2.75) is 25.3 Å².